The number of aryl methyl sites for hydroxylation is 1. The van der Waals surface area contributed by atoms with Gasteiger partial charge in [0.2, 0.25) is 0 Å². The van der Waals surface area contributed by atoms with Gasteiger partial charge < -0.3 is 4.90 Å². The Morgan fingerprint density at radius 2 is 2.04 bits per heavy atom. The van der Waals surface area contributed by atoms with Gasteiger partial charge in [-0.1, -0.05) is 30.3 Å². The van der Waals surface area contributed by atoms with Gasteiger partial charge in [-0.15, -0.1) is 0 Å². The molecular formula is C18H21N3O2. The van der Waals surface area contributed by atoms with E-state index in [1.807, 2.05) is 30.3 Å². The lowest BCUT2D eigenvalue weighted by molar-refractivity contribution is -0.124. The van der Waals surface area contributed by atoms with Crippen LogP contribution in [0.15, 0.2) is 42.6 Å². The molecule has 0 saturated carbocycles. The van der Waals surface area contributed by atoms with Crippen molar-refractivity contribution in [1.82, 2.24) is 15.1 Å². The zero-order valence-electron chi connectivity index (χ0n) is 13.1. The number of carbonyl (C=O) groups is 2. The molecule has 23 heavy (non-hydrogen) atoms. The van der Waals surface area contributed by atoms with Gasteiger partial charge >= 0.3 is 0 Å². The van der Waals surface area contributed by atoms with E-state index in [0.717, 1.165) is 19.3 Å². The van der Waals surface area contributed by atoms with E-state index in [1.54, 1.807) is 17.2 Å². The Morgan fingerprint density at radius 3 is 2.78 bits per heavy atom. The summed E-state index contributed by atoms with van der Waals surface area (Å²) in [5.41, 5.74) is 1.67. The smallest absolute Gasteiger partial charge is 0.271 e. The number of likely N-dealkylation sites (tertiary alicyclic amines) is 1. The van der Waals surface area contributed by atoms with Crippen LogP contribution in [0, 0.1) is 5.92 Å². The number of aromatic amines is 1. The van der Waals surface area contributed by atoms with Crippen molar-refractivity contribution in [1.29, 1.82) is 0 Å². The number of H-pyrrole nitrogens is 1. The number of nitrogens with one attached hydrogen (secondary N) is 1. The number of rotatable bonds is 5. The molecule has 1 fully saturated rings. The van der Waals surface area contributed by atoms with E-state index in [9.17, 15) is 9.59 Å². The summed E-state index contributed by atoms with van der Waals surface area (Å²) in [6.07, 6.45) is 4.63. The molecule has 1 N–H and O–H groups in total. The summed E-state index contributed by atoms with van der Waals surface area (Å²) in [5, 5.41) is 6.51. The summed E-state index contributed by atoms with van der Waals surface area (Å²) < 4.78 is 0. The van der Waals surface area contributed by atoms with Gasteiger partial charge in [0.25, 0.3) is 5.91 Å². The van der Waals surface area contributed by atoms with Crippen molar-refractivity contribution in [3.63, 3.8) is 0 Å². The molecule has 0 bridgehead atoms. The summed E-state index contributed by atoms with van der Waals surface area (Å²) in [6, 6.07) is 11.7. The van der Waals surface area contributed by atoms with Crippen LogP contribution < -0.4 is 0 Å². The Hall–Kier alpha value is -2.43. The molecule has 0 aliphatic carbocycles. The molecule has 2 aromatic rings. The first-order valence-electron chi connectivity index (χ1n) is 8.09. The largest absolute Gasteiger partial charge is 0.337 e. The lowest BCUT2D eigenvalue weighted by Gasteiger charge is -2.31. The Kier molecular flexibility index (Phi) is 4.86. The first-order valence-corrected chi connectivity index (χ1v) is 8.09. The number of hydrogen-bond donors (Lipinski definition) is 1. The van der Waals surface area contributed by atoms with Crippen LogP contribution in [0.3, 0.4) is 0 Å². The van der Waals surface area contributed by atoms with Gasteiger partial charge in [0.15, 0.2) is 0 Å². The molecule has 0 unspecified atom stereocenters. The van der Waals surface area contributed by atoms with Gasteiger partial charge in [0, 0.05) is 31.6 Å². The number of carbonyl (C=O) groups excluding carboxylic acids is 2. The normalized spacial score (nSPS) is 17.9. The van der Waals surface area contributed by atoms with Crippen LogP contribution in [0.4, 0.5) is 0 Å². The van der Waals surface area contributed by atoms with Gasteiger partial charge in [0.1, 0.15) is 11.5 Å². The molecule has 1 aromatic carbocycles. The van der Waals surface area contributed by atoms with Crippen molar-refractivity contribution >= 4 is 11.7 Å². The number of Topliss-reactive ketones (excluding diaryl/α,β-unsaturated/α-hetero) is 1. The molecule has 5 nitrogen and oxygen atoms in total. The second kappa shape index (κ2) is 7.22. The summed E-state index contributed by atoms with van der Waals surface area (Å²) in [5.74, 6) is 0.151. The minimum absolute atomic E-state index is 0.0423. The molecule has 2 heterocycles. The third-order valence-corrected chi connectivity index (χ3v) is 4.40. The molecule has 0 radical (unpaired) electrons. The molecule has 1 atom stereocenters. The molecule has 3 rings (SSSR count). The molecule has 1 amide bonds. The highest BCUT2D eigenvalue weighted by Crippen LogP contribution is 2.21. The van der Waals surface area contributed by atoms with E-state index in [4.69, 9.17) is 0 Å². The fraction of sp³-hybridized carbons (Fsp3) is 0.389. The van der Waals surface area contributed by atoms with Crippen molar-refractivity contribution in [3.8, 4) is 0 Å². The van der Waals surface area contributed by atoms with Gasteiger partial charge in [-0.2, -0.15) is 5.10 Å². The van der Waals surface area contributed by atoms with Crippen LogP contribution in [0.2, 0.25) is 0 Å². The maximum atomic E-state index is 12.5. The molecular weight excluding hydrogens is 290 g/mol. The van der Waals surface area contributed by atoms with Crippen LogP contribution in [-0.2, 0) is 11.2 Å². The van der Waals surface area contributed by atoms with Gasteiger partial charge in [-0.3, -0.25) is 14.7 Å². The quantitative estimate of drug-likeness (QED) is 0.922. The number of hydrogen-bond acceptors (Lipinski definition) is 3. The lowest BCUT2D eigenvalue weighted by atomic mass is 9.90. The van der Waals surface area contributed by atoms with Crippen molar-refractivity contribution in [2.75, 3.05) is 13.1 Å². The predicted molar refractivity (Wildman–Crippen MR) is 87.0 cm³/mol. The van der Waals surface area contributed by atoms with Gasteiger partial charge in [0.05, 0.1) is 0 Å². The van der Waals surface area contributed by atoms with Crippen LogP contribution in [0.25, 0.3) is 0 Å². The van der Waals surface area contributed by atoms with E-state index in [1.165, 1.54) is 5.56 Å². The van der Waals surface area contributed by atoms with Crippen LogP contribution in [0.5, 0.6) is 0 Å². The highest BCUT2D eigenvalue weighted by molar-refractivity contribution is 5.92. The van der Waals surface area contributed by atoms with Gasteiger partial charge in [-0.25, -0.2) is 0 Å². The minimum atomic E-state index is -0.0666. The predicted octanol–water partition coefficient (Wildman–Crippen LogP) is 2.46. The molecule has 5 heteroatoms. The van der Waals surface area contributed by atoms with Crippen molar-refractivity contribution in [2.45, 2.75) is 25.7 Å². The highest BCUT2D eigenvalue weighted by atomic mass is 16.2. The average Bonchev–Trinajstić information content (AvgIpc) is 3.14. The summed E-state index contributed by atoms with van der Waals surface area (Å²) >= 11 is 0. The van der Waals surface area contributed by atoms with E-state index < -0.39 is 0 Å². The molecule has 1 saturated heterocycles. The van der Waals surface area contributed by atoms with Crippen LogP contribution in [-0.4, -0.2) is 39.9 Å². The Morgan fingerprint density at radius 1 is 1.22 bits per heavy atom. The first kappa shape index (κ1) is 15.5. The lowest BCUT2D eigenvalue weighted by Crippen LogP contribution is -2.42. The Balaban J connectivity index is 1.55. The number of ketones is 1. The zero-order valence-corrected chi connectivity index (χ0v) is 13.1. The third kappa shape index (κ3) is 3.86. The monoisotopic (exact) mass is 311 g/mol. The Labute approximate surface area is 135 Å². The van der Waals surface area contributed by atoms with E-state index in [2.05, 4.69) is 10.2 Å². The number of benzene rings is 1. The fourth-order valence-corrected chi connectivity index (χ4v) is 3.09. The van der Waals surface area contributed by atoms with E-state index in [-0.39, 0.29) is 17.6 Å². The number of amides is 1. The molecule has 120 valence electrons. The number of aromatic nitrogens is 2. The zero-order chi connectivity index (χ0) is 16.1. The van der Waals surface area contributed by atoms with E-state index in [0.29, 0.717) is 25.2 Å². The molecule has 0 spiro atoms. The second-order valence-corrected chi connectivity index (χ2v) is 6.01. The summed E-state index contributed by atoms with van der Waals surface area (Å²) in [6.45, 7) is 1.23. The molecule has 1 aliphatic heterocycles. The van der Waals surface area contributed by atoms with Gasteiger partial charge in [-0.05, 0) is 30.9 Å². The molecule has 1 aliphatic rings. The number of piperidine rings is 1. The minimum Gasteiger partial charge on any atom is -0.337 e. The van der Waals surface area contributed by atoms with Crippen molar-refractivity contribution in [3.05, 3.63) is 53.9 Å². The van der Waals surface area contributed by atoms with Crippen LogP contribution in [0.1, 0.15) is 35.3 Å². The molecule has 1 aromatic heterocycles. The SMILES string of the molecule is O=C(CCc1ccccc1)[C@H]1CCCN(C(=O)c2ccn[nH]2)C1. The highest BCUT2D eigenvalue weighted by Gasteiger charge is 2.28. The maximum Gasteiger partial charge on any atom is 0.271 e. The standard InChI is InChI=1S/C18H21N3O2/c22-17(9-8-14-5-2-1-3-6-14)15-7-4-12-21(13-15)18(23)16-10-11-19-20-16/h1-3,5-6,10-11,15H,4,7-9,12-13H2,(H,19,20)/t15-/m0/s1. The Bertz CT molecular complexity index is 652. The van der Waals surface area contributed by atoms with Crippen molar-refractivity contribution in [2.24, 2.45) is 5.92 Å². The van der Waals surface area contributed by atoms with Crippen LogP contribution >= 0.6 is 0 Å². The van der Waals surface area contributed by atoms with E-state index >= 15 is 0 Å². The fourth-order valence-electron chi connectivity index (χ4n) is 3.09. The van der Waals surface area contributed by atoms with Crippen molar-refractivity contribution < 1.29 is 9.59 Å². The third-order valence-electron chi connectivity index (χ3n) is 4.40. The maximum absolute atomic E-state index is 12.5. The summed E-state index contributed by atoms with van der Waals surface area (Å²) in [7, 11) is 0. The average molecular weight is 311 g/mol. The summed E-state index contributed by atoms with van der Waals surface area (Å²) in [4.78, 5) is 26.6. The number of nitrogens with zero attached hydrogens (tertiary/aromatic N) is 2. The first-order chi connectivity index (χ1) is 11.2. The topological polar surface area (TPSA) is 66.1 Å². The second-order valence-electron chi connectivity index (χ2n) is 6.01.